The molecule has 0 aliphatic rings. The van der Waals surface area contributed by atoms with E-state index in [1.807, 2.05) is 18.2 Å². The van der Waals surface area contributed by atoms with Crippen LogP contribution in [0.25, 0.3) is 22.0 Å². The number of halogens is 2. The summed E-state index contributed by atoms with van der Waals surface area (Å²) in [5.41, 5.74) is 2.89. The minimum atomic E-state index is -0.389. The van der Waals surface area contributed by atoms with Crippen LogP contribution in [0, 0.1) is 0 Å². The molecule has 1 N–H and O–H groups in total. The van der Waals surface area contributed by atoms with Gasteiger partial charge in [0.1, 0.15) is 5.69 Å². The molecule has 0 fully saturated rings. The van der Waals surface area contributed by atoms with Crippen LogP contribution in [0.4, 0.5) is 0 Å². The Hall–Kier alpha value is -1.97. The van der Waals surface area contributed by atoms with E-state index in [0.717, 1.165) is 22.0 Å². The molecule has 0 unspecified atom stereocenters. The fourth-order valence-corrected chi connectivity index (χ4v) is 2.74. The third-order valence-corrected chi connectivity index (χ3v) is 3.86. The van der Waals surface area contributed by atoms with Gasteiger partial charge in [-0.1, -0.05) is 41.4 Å². The van der Waals surface area contributed by atoms with E-state index < -0.39 is 0 Å². The van der Waals surface area contributed by atoms with Gasteiger partial charge in [0.15, 0.2) is 0 Å². The highest BCUT2D eigenvalue weighted by Gasteiger charge is 2.20. The number of aromatic amines is 1. The van der Waals surface area contributed by atoms with Gasteiger partial charge in [-0.15, -0.1) is 0 Å². The monoisotopic (exact) mass is 333 g/mol. The van der Waals surface area contributed by atoms with E-state index in [2.05, 4.69) is 4.98 Å². The van der Waals surface area contributed by atoms with Crippen LogP contribution in [0.5, 0.6) is 0 Å². The average molecular weight is 334 g/mol. The lowest BCUT2D eigenvalue weighted by Gasteiger charge is -2.05. The number of nitrogens with one attached hydrogen (secondary N) is 1. The van der Waals surface area contributed by atoms with E-state index in [1.54, 1.807) is 31.2 Å². The van der Waals surface area contributed by atoms with Crippen LogP contribution in [0.1, 0.15) is 17.4 Å². The molecule has 112 valence electrons. The van der Waals surface area contributed by atoms with Crippen molar-refractivity contribution in [2.24, 2.45) is 0 Å². The van der Waals surface area contributed by atoms with Crippen molar-refractivity contribution in [1.82, 2.24) is 4.98 Å². The van der Waals surface area contributed by atoms with Gasteiger partial charge in [-0.25, -0.2) is 4.79 Å². The Morgan fingerprint density at radius 3 is 2.45 bits per heavy atom. The van der Waals surface area contributed by atoms with Gasteiger partial charge in [-0.3, -0.25) is 0 Å². The number of esters is 1. The fraction of sp³-hybridized carbons (Fsp3) is 0.118. The molecule has 0 saturated heterocycles. The van der Waals surface area contributed by atoms with E-state index in [9.17, 15) is 4.79 Å². The largest absolute Gasteiger partial charge is 0.461 e. The van der Waals surface area contributed by atoms with Gasteiger partial charge in [0.05, 0.1) is 6.61 Å². The summed E-state index contributed by atoms with van der Waals surface area (Å²) in [6.07, 6.45) is 0. The van der Waals surface area contributed by atoms with Gasteiger partial charge in [0.2, 0.25) is 0 Å². The summed E-state index contributed by atoms with van der Waals surface area (Å²) in [7, 11) is 0. The van der Waals surface area contributed by atoms with E-state index in [4.69, 9.17) is 27.9 Å². The lowest BCUT2D eigenvalue weighted by Crippen LogP contribution is -2.06. The van der Waals surface area contributed by atoms with E-state index in [1.165, 1.54) is 0 Å². The molecule has 0 bridgehead atoms. The Morgan fingerprint density at radius 2 is 1.77 bits per heavy atom. The maximum Gasteiger partial charge on any atom is 0.355 e. The Labute approximate surface area is 137 Å². The third kappa shape index (κ3) is 2.70. The number of hydrogen-bond acceptors (Lipinski definition) is 2. The van der Waals surface area contributed by atoms with Crippen molar-refractivity contribution in [2.75, 3.05) is 6.61 Å². The molecule has 0 amide bonds. The number of rotatable bonds is 3. The lowest BCUT2D eigenvalue weighted by molar-refractivity contribution is 0.0521. The maximum absolute atomic E-state index is 12.2. The number of benzene rings is 2. The lowest BCUT2D eigenvalue weighted by atomic mass is 10.0. The van der Waals surface area contributed by atoms with Crippen molar-refractivity contribution < 1.29 is 9.53 Å². The van der Waals surface area contributed by atoms with Crippen molar-refractivity contribution in [3.8, 4) is 11.1 Å². The quantitative estimate of drug-likeness (QED) is 0.659. The molecule has 3 aromatic rings. The maximum atomic E-state index is 12.2. The number of hydrogen-bond donors (Lipinski definition) is 1. The van der Waals surface area contributed by atoms with Crippen LogP contribution in [-0.2, 0) is 4.74 Å². The first-order chi connectivity index (χ1) is 10.6. The molecule has 22 heavy (non-hydrogen) atoms. The summed E-state index contributed by atoms with van der Waals surface area (Å²) in [5, 5.41) is 2.16. The second kappa shape index (κ2) is 6.03. The summed E-state index contributed by atoms with van der Waals surface area (Å²) in [6, 6.07) is 12.8. The highest BCUT2D eigenvalue weighted by molar-refractivity contribution is 6.31. The first kappa shape index (κ1) is 14.9. The zero-order chi connectivity index (χ0) is 15.7. The second-order valence-corrected chi connectivity index (χ2v) is 5.67. The highest BCUT2D eigenvalue weighted by atomic mass is 35.5. The molecule has 3 rings (SSSR count). The predicted molar refractivity (Wildman–Crippen MR) is 89.7 cm³/mol. The van der Waals surface area contributed by atoms with E-state index >= 15 is 0 Å². The first-order valence-corrected chi connectivity index (χ1v) is 7.60. The number of fused-ring (bicyclic) bond motifs is 1. The Balaban J connectivity index is 2.26. The summed E-state index contributed by atoms with van der Waals surface area (Å²) in [4.78, 5) is 15.4. The summed E-state index contributed by atoms with van der Waals surface area (Å²) in [6.45, 7) is 2.09. The van der Waals surface area contributed by atoms with Crippen LogP contribution < -0.4 is 0 Å². The molecule has 2 aromatic carbocycles. The summed E-state index contributed by atoms with van der Waals surface area (Å²) in [5.74, 6) is -0.389. The number of H-pyrrole nitrogens is 1. The molecule has 1 aromatic heterocycles. The number of ether oxygens (including phenoxy) is 1. The molecule has 0 aliphatic carbocycles. The van der Waals surface area contributed by atoms with Crippen LogP contribution in [-0.4, -0.2) is 17.6 Å². The van der Waals surface area contributed by atoms with Crippen LogP contribution in [0.2, 0.25) is 10.0 Å². The normalized spacial score (nSPS) is 10.9. The SMILES string of the molecule is CCOC(=O)c1[nH]c2cc(Cl)ccc2c1-c1ccc(Cl)cc1. The second-order valence-electron chi connectivity index (χ2n) is 4.79. The molecule has 0 saturated carbocycles. The number of carbonyl (C=O) groups excluding carboxylic acids is 1. The van der Waals surface area contributed by atoms with Gasteiger partial charge in [0.25, 0.3) is 0 Å². The minimum absolute atomic E-state index is 0.314. The molecule has 0 atom stereocenters. The highest BCUT2D eigenvalue weighted by Crippen LogP contribution is 2.34. The van der Waals surface area contributed by atoms with Gasteiger partial charge in [-0.05, 0) is 36.8 Å². The van der Waals surface area contributed by atoms with Crippen molar-refractivity contribution in [3.05, 3.63) is 58.2 Å². The summed E-state index contributed by atoms with van der Waals surface area (Å²) >= 11 is 12.0. The zero-order valence-corrected chi connectivity index (χ0v) is 13.3. The number of carbonyl (C=O) groups is 1. The average Bonchev–Trinajstić information content (AvgIpc) is 2.87. The van der Waals surface area contributed by atoms with Crippen molar-refractivity contribution >= 4 is 40.1 Å². The predicted octanol–water partition coefficient (Wildman–Crippen LogP) is 5.32. The Kier molecular flexibility index (Phi) is 4.10. The molecule has 5 heteroatoms. The van der Waals surface area contributed by atoms with Gasteiger partial charge >= 0.3 is 5.97 Å². The van der Waals surface area contributed by atoms with E-state index in [-0.39, 0.29) is 5.97 Å². The fourth-order valence-electron chi connectivity index (χ4n) is 2.44. The molecule has 0 spiro atoms. The molecular weight excluding hydrogens is 321 g/mol. The molecule has 0 radical (unpaired) electrons. The van der Waals surface area contributed by atoms with Gasteiger partial charge in [-0.2, -0.15) is 0 Å². The van der Waals surface area contributed by atoms with Crippen LogP contribution >= 0.6 is 23.2 Å². The third-order valence-electron chi connectivity index (χ3n) is 3.37. The molecular formula is C17H13Cl2NO2. The number of aromatic nitrogens is 1. The first-order valence-electron chi connectivity index (χ1n) is 6.84. The van der Waals surface area contributed by atoms with Crippen LogP contribution in [0.15, 0.2) is 42.5 Å². The van der Waals surface area contributed by atoms with Gasteiger partial charge in [0, 0.05) is 26.5 Å². The molecule has 3 nitrogen and oxygen atoms in total. The molecule has 1 heterocycles. The van der Waals surface area contributed by atoms with E-state index in [0.29, 0.717) is 22.3 Å². The van der Waals surface area contributed by atoms with Crippen molar-refractivity contribution in [2.45, 2.75) is 6.92 Å². The van der Waals surface area contributed by atoms with Crippen LogP contribution in [0.3, 0.4) is 0 Å². The van der Waals surface area contributed by atoms with Gasteiger partial charge < -0.3 is 9.72 Å². The zero-order valence-electron chi connectivity index (χ0n) is 11.8. The standard InChI is InChI=1S/C17H13Cl2NO2/c1-2-22-17(21)16-15(10-3-5-11(18)6-4-10)13-8-7-12(19)9-14(13)20-16/h3-9,20H,2H2,1H3. The van der Waals surface area contributed by atoms with Crippen molar-refractivity contribution in [3.63, 3.8) is 0 Å². The minimum Gasteiger partial charge on any atom is -0.461 e. The van der Waals surface area contributed by atoms with Crippen molar-refractivity contribution in [1.29, 1.82) is 0 Å². The summed E-state index contributed by atoms with van der Waals surface area (Å²) < 4.78 is 5.14. The molecule has 0 aliphatic heterocycles. The smallest absolute Gasteiger partial charge is 0.355 e. The Morgan fingerprint density at radius 1 is 1.09 bits per heavy atom. The topological polar surface area (TPSA) is 42.1 Å². The Bertz CT molecular complexity index is 838.